The molecule has 108 valence electrons. The van der Waals surface area contributed by atoms with E-state index in [2.05, 4.69) is 43.4 Å². The van der Waals surface area contributed by atoms with Crippen molar-refractivity contribution in [2.24, 2.45) is 0 Å². The lowest BCUT2D eigenvalue weighted by atomic mass is 10.1. The molecule has 0 saturated heterocycles. The van der Waals surface area contributed by atoms with E-state index in [0.29, 0.717) is 6.61 Å². The molecule has 1 N–H and O–H groups in total. The number of rotatable bonds is 7. The number of aromatic nitrogens is 1. The van der Waals surface area contributed by atoms with Crippen LogP contribution >= 0.6 is 11.3 Å². The summed E-state index contributed by atoms with van der Waals surface area (Å²) in [7, 11) is 1.72. The lowest BCUT2D eigenvalue weighted by Crippen LogP contribution is -2.25. The van der Waals surface area contributed by atoms with Crippen LogP contribution in [-0.4, -0.2) is 25.2 Å². The molecule has 1 unspecified atom stereocenters. The van der Waals surface area contributed by atoms with Crippen molar-refractivity contribution in [3.05, 3.63) is 51.5 Å². The van der Waals surface area contributed by atoms with Crippen LogP contribution in [0.3, 0.4) is 0 Å². The van der Waals surface area contributed by atoms with Gasteiger partial charge in [0.05, 0.1) is 18.3 Å². The minimum atomic E-state index is 0.148. The van der Waals surface area contributed by atoms with Gasteiger partial charge < -0.3 is 10.1 Å². The van der Waals surface area contributed by atoms with Gasteiger partial charge in [0.2, 0.25) is 0 Å². The lowest BCUT2D eigenvalue weighted by Gasteiger charge is -2.16. The average molecular weight is 290 g/mol. The molecular formula is C16H22N2OS. The maximum atomic E-state index is 5.13. The van der Waals surface area contributed by atoms with Crippen molar-refractivity contribution in [1.29, 1.82) is 0 Å². The van der Waals surface area contributed by atoms with Crippen LogP contribution in [0.4, 0.5) is 0 Å². The maximum absolute atomic E-state index is 5.13. The van der Waals surface area contributed by atoms with Crippen molar-refractivity contribution in [2.45, 2.75) is 26.3 Å². The highest BCUT2D eigenvalue weighted by Gasteiger charge is 2.18. The topological polar surface area (TPSA) is 34.2 Å². The number of aryl methyl sites for hydroxylation is 2. The average Bonchev–Trinajstić information content (AvgIpc) is 2.85. The first-order valence-corrected chi connectivity index (χ1v) is 7.81. The molecular weight excluding hydrogens is 268 g/mol. The Hall–Kier alpha value is -1.23. The van der Waals surface area contributed by atoms with Crippen molar-refractivity contribution < 1.29 is 4.74 Å². The predicted octanol–water partition coefficient (Wildman–Crippen LogP) is 3.34. The van der Waals surface area contributed by atoms with E-state index >= 15 is 0 Å². The second-order valence-electron chi connectivity index (χ2n) is 4.70. The summed E-state index contributed by atoms with van der Waals surface area (Å²) < 4.78 is 5.13. The summed E-state index contributed by atoms with van der Waals surface area (Å²) in [5.74, 6) is 0. The summed E-state index contributed by atoms with van der Waals surface area (Å²) in [5, 5.41) is 4.68. The van der Waals surface area contributed by atoms with Crippen LogP contribution in [0.1, 0.15) is 34.1 Å². The Morgan fingerprint density at radius 1 is 1.30 bits per heavy atom. The highest BCUT2D eigenvalue weighted by molar-refractivity contribution is 7.11. The van der Waals surface area contributed by atoms with E-state index in [1.165, 1.54) is 16.1 Å². The summed E-state index contributed by atoms with van der Waals surface area (Å²) in [6.07, 6.45) is 0.988. The van der Waals surface area contributed by atoms with Crippen molar-refractivity contribution in [3.63, 3.8) is 0 Å². The van der Waals surface area contributed by atoms with Gasteiger partial charge in [-0.15, -0.1) is 11.3 Å². The van der Waals surface area contributed by atoms with Crippen LogP contribution in [0.15, 0.2) is 30.3 Å². The molecule has 3 nitrogen and oxygen atoms in total. The van der Waals surface area contributed by atoms with E-state index in [1.807, 2.05) is 6.07 Å². The van der Waals surface area contributed by atoms with Crippen molar-refractivity contribution in [2.75, 3.05) is 20.3 Å². The third kappa shape index (κ3) is 3.66. The van der Waals surface area contributed by atoms with Crippen LogP contribution in [-0.2, 0) is 11.2 Å². The van der Waals surface area contributed by atoms with Crippen LogP contribution in [0.5, 0.6) is 0 Å². The summed E-state index contributed by atoms with van der Waals surface area (Å²) in [4.78, 5) is 6.12. The normalized spacial score (nSPS) is 12.6. The van der Waals surface area contributed by atoms with Crippen molar-refractivity contribution in [3.8, 4) is 0 Å². The molecule has 0 bridgehead atoms. The minimum Gasteiger partial charge on any atom is -0.383 e. The number of hydrogen-bond donors (Lipinski definition) is 1. The van der Waals surface area contributed by atoms with Gasteiger partial charge in [-0.05, 0) is 18.9 Å². The van der Waals surface area contributed by atoms with E-state index in [0.717, 1.165) is 18.0 Å². The zero-order valence-electron chi connectivity index (χ0n) is 12.3. The Morgan fingerprint density at radius 3 is 2.65 bits per heavy atom. The Bertz CT molecular complexity index is 525. The summed E-state index contributed by atoms with van der Waals surface area (Å²) in [5.41, 5.74) is 2.46. The number of ether oxygens (including phenoxy) is 1. The molecule has 2 rings (SSSR count). The van der Waals surface area contributed by atoms with Gasteiger partial charge in [-0.3, -0.25) is 0 Å². The quantitative estimate of drug-likeness (QED) is 0.794. The molecule has 4 heteroatoms. The number of hydrogen-bond acceptors (Lipinski definition) is 4. The van der Waals surface area contributed by atoms with Crippen LogP contribution < -0.4 is 5.32 Å². The highest BCUT2D eigenvalue weighted by Crippen LogP contribution is 2.28. The minimum absolute atomic E-state index is 0.148. The second kappa shape index (κ2) is 7.53. The predicted molar refractivity (Wildman–Crippen MR) is 84.4 cm³/mol. The van der Waals surface area contributed by atoms with Gasteiger partial charge in [-0.2, -0.15) is 0 Å². The van der Waals surface area contributed by atoms with Gasteiger partial charge in [0.25, 0.3) is 0 Å². The van der Waals surface area contributed by atoms with E-state index in [1.54, 1.807) is 18.4 Å². The fourth-order valence-electron chi connectivity index (χ4n) is 2.20. The molecule has 0 amide bonds. The maximum Gasteiger partial charge on any atom is 0.115 e. The molecule has 1 aromatic heterocycles. The fraction of sp³-hybridized carbons (Fsp3) is 0.438. The number of nitrogens with zero attached hydrogens (tertiary/aromatic N) is 1. The van der Waals surface area contributed by atoms with Gasteiger partial charge in [0.1, 0.15) is 5.01 Å². The van der Waals surface area contributed by atoms with E-state index in [-0.39, 0.29) is 6.04 Å². The van der Waals surface area contributed by atoms with E-state index in [4.69, 9.17) is 9.72 Å². The summed E-state index contributed by atoms with van der Waals surface area (Å²) >= 11 is 1.79. The fourth-order valence-corrected chi connectivity index (χ4v) is 3.31. The first kappa shape index (κ1) is 15.2. The third-order valence-corrected chi connectivity index (χ3v) is 4.36. The SMILES string of the molecule is CCc1nc(C(NCCOC)c2ccccc2)sc1C. The summed E-state index contributed by atoms with van der Waals surface area (Å²) in [6, 6.07) is 10.6. The van der Waals surface area contributed by atoms with Crippen molar-refractivity contribution >= 4 is 11.3 Å². The van der Waals surface area contributed by atoms with Gasteiger partial charge in [0, 0.05) is 18.5 Å². The highest BCUT2D eigenvalue weighted by atomic mass is 32.1. The molecule has 20 heavy (non-hydrogen) atoms. The van der Waals surface area contributed by atoms with Gasteiger partial charge >= 0.3 is 0 Å². The van der Waals surface area contributed by atoms with Gasteiger partial charge in [-0.1, -0.05) is 37.3 Å². The molecule has 2 aromatic rings. The van der Waals surface area contributed by atoms with E-state index < -0.39 is 0 Å². The Balaban J connectivity index is 2.25. The third-order valence-electron chi connectivity index (χ3n) is 3.28. The molecule has 0 aliphatic heterocycles. The number of nitrogens with one attached hydrogen (secondary N) is 1. The molecule has 0 saturated carbocycles. The Kier molecular flexibility index (Phi) is 5.71. The summed E-state index contributed by atoms with van der Waals surface area (Å²) in [6.45, 7) is 5.82. The van der Waals surface area contributed by atoms with E-state index in [9.17, 15) is 0 Å². The lowest BCUT2D eigenvalue weighted by molar-refractivity contribution is 0.197. The van der Waals surface area contributed by atoms with Crippen molar-refractivity contribution in [1.82, 2.24) is 10.3 Å². The van der Waals surface area contributed by atoms with Crippen LogP contribution in [0.25, 0.3) is 0 Å². The molecule has 0 radical (unpaired) electrons. The van der Waals surface area contributed by atoms with Crippen LogP contribution in [0, 0.1) is 6.92 Å². The Labute approximate surface area is 125 Å². The zero-order chi connectivity index (χ0) is 14.4. The van der Waals surface area contributed by atoms with Gasteiger partial charge in [-0.25, -0.2) is 4.98 Å². The molecule has 0 aliphatic carbocycles. The molecule has 1 heterocycles. The largest absolute Gasteiger partial charge is 0.383 e. The Morgan fingerprint density at radius 2 is 2.05 bits per heavy atom. The number of methoxy groups -OCH3 is 1. The number of thiazole rings is 1. The standard InChI is InChI=1S/C16H22N2OS/c1-4-14-12(2)20-16(18-14)15(17-10-11-19-3)13-8-6-5-7-9-13/h5-9,15,17H,4,10-11H2,1-3H3. The first-order chi connectivity index (χ1) is 9.76. The second-order valence-corrected chi connectivity index (χ2v) is 5.93. The molecule has 0 fully saturated rings. The molecule has 1 aromatic carbocycles. The molecule has 0 aliphatic rings. The first-order valence-electron chi connectivity index (χ1n) is 6.99. The smallest absolute Gasteiger partial charge is 0.115 e. The molecule has 0 spiro atoms. The molecule has 1 atom stereocenters. The zero-order valence-corrected chi connectivity index (χ0v) is 13.2. The van der Waals surface area contributed by atoms with Gasteiger partial charge in [0.15, 0.2) is 0 Å². The van der Waals surface area contributed by atoms with Crippen LogP contribution in [0.2, 0.25) is 0 Å². The monoisotopic (exact) mass is 290 g/mol. The number of benzene rings is 1.